The van der Waals surface area contributed by atoms with E-state index < -0.39 is 0 Å². The van der Waals surface area contributed by atoms with Crippen LogP contribution < -0.4 is 21.1 Å². The van der Waals surface area contributed by atoms with Gasteiger partial charge < -0.3 is 30.6 Å². The van der Waals surface area contributed by atoms with Crippen molar-refractivity contribution in [2.45, 2.75) is 39.7 Å². The number of amides is 2. The number of hydrogen-bond acceptors (Lipinski definition) is 4. The Kier molecular flexibility index (Phi) is 7.40. The molecule has 1 aliphatic rings. The minimum atomic E-state index is -0.217. The van der Waals surface area contributed by atoms with Gasteiger partial charge in [0, 0.05) is 42.3 Å². The highest BCUT2D eigenvalue weighted by molar-refractivity contribution is 6.02. The first-order chi connectivity index (χ1) is 16.1. The summed E-state index contributed by atoms with van der Waals surface area (Å²) < 4.78 is 8.29. The van der Waals surface area contributed by atoms with Crippen LogP contribution in [0.2, 0.25) is 0 Å². The largest absolute Gasteiger partial charge is 0.493 e. The van der Waals surface area contributed by atoms with Crippen LogP contribution in [-0.4, -0.2) is 48.3 Å². The molecule has 0 aliphatic carbocycles. The molecule has 2 heterocycles. The normalized spacial score (nSPS) is 14.0. The molecule has 2 amide bonds. The van der Waals surface area contributed by atoms with Crippen LogP contribution in [0, 0.1) is 0 Å². The minimum absolute atomic E-state index is 0.217. The molecule has 0 unspecified atom stereocenters. The third-order valence-electron chi connectivity index (χ3n) is 6.21. The maximum Gasteiger partial charge on any atom is 0.319 e. The number of carbonyl (C=O) groups excluding carboxylic acids is 1. The molecule has 0 atom stereocenters. The predicted molar refractivity (Wildman–Crippen MR) is 136 cm³/mol. The van der Waals surface area contributed by atoms with Crippen molar-refractivity contribution in [1.82, 2.24) is 14.8 Å². The summed E-state index contributed by atoms with van der Waals surface area (Å²) in [6, 6.07) is 13.7. The molecule has 1 aromatic heterocycles. The molecule has 0 radical (unpaired) electrons. The van der Waals surface area contributed by atoms with Crippen LogP contribution in [0.1, 0.15) is 33.1 Å². The summed E-state index contributed by atoms with van der Waals surface area (Å²) in [5, 5.41) is 6.65. The van der Waals surface area contributed by atoms with Gasteiger partial charge in [-0.25, -0.2) is 4.79 Å². The Hall–Kier alpha value is -3.19. The van der Waals surface area contributed by atoms with Gasteiger partial charge in [0.1, 0.15) is 5.75 Å². The van der Waals surface area contributed by atoms with Gasteiger partial charge in [0.05, 0.1) is 23.5 Å². The predicted octanol–water partition coefficient (Wildman–Crippen LogP) is 4.92. The lowest BCUT2D eigenvalue weighted by atomic mass is 10.1. The van der Waals surface area contributed by atoms with E-state index in [1.165, 1.54) is 25.9 Å². The van der Waals surface area contributed by atoms with Crippen molar-refractivity contribution in [2.24, 2.45) is 0 Å². The van der Waals surface area contributed by atoms with Gasteiger partial charge in [-0.2, -0.15) is 0 Å². The number of nitrogens with one attached hydrogen (secondary N) is 2. The van der Waals surface area contributed by atoms with E-state index in [0.717, 1.165) is 58.8 Å². The Balaban J connectivity index is 1.55. The molecule has 1 aliphatic heterocycles. The number of nitrogen functional groups attached to an aromatic ring is 1. The number of hydrogen-bond donors (Lipinski definition) is 3. The SMILES string of the molecule is CCNC(=O)Nc1cccc(-c2c(N)c3ccc(OCCCN4CCCC4)cc3n2CC)c1. The number of urea groups is 1. The van der Waals surface area contributed by atoms with E-state index in [9.17, 15) is 4.79 Å². The van der Waals surface area contributed by atoms with Gasteiger partial charge in [0.15, 0.2) is 0 Å². The number of rotatable bonds is 9. The molecule has 4 rings (SSSR count). The Morgan fingerprint density at radius 1 is 1.12 bits per heavy atom. The Morgan fingerprint density at radius 2 is 1.94 bits per heavy atom. The monoisotopic (exact) mass is 449 g/mol. The molecule has 4 N–H and O–H groups in total. The van der Waals surface area contributed by atoms with Crippen molar-refractivity contribution < 1.29 is 9.53 Å². The highest BCUT2D eigenvalue weighted by atomic mass is 16.5. The fourth-order valence-corrected chi connectivity index (χ4v) is 4.65. The van der Waals surface area contributed by atoms with Gasteiger partial charge >= 0.3 is 6.03 Å². The van der Waals surface area contributed by atoms with Crippen LogP contribution >= 0.6 is 0 Å². The first-order valence-corrected chi connectivity index (χ1v) is 12.0. The van der Waals surface area contributed by atoms with Crippen LogP contribution in [0.5, 0.6) is 5.75 Å². The number of carbonyl (C=O) groups is 1. The second kappa shape index (κ2) is 10.6. The summed E-state index contributed by atoms with van der Waals surface area (Å²) in [5.74, 6) is 0.870. The lowest BCUT2D eigenvalue weighted by molar-refractivity contribution is 0.252. The first-order valence-electron chi connectivity index (χ1n) is 12.0. The van der Waals surface area contributed by atoms with Crippen LogP contribution in [0.25, 0.3) is 22.2 Å². The van der Waals surface area contributed by atoms with Gasteiger partial charge in [-0.3, -0.25) is 0 Å². The molecule has 2 aromatic carbocycles. The number of nitrogens with two attached hydrogens (primary N) is 1. The van der Waals surface area contributed by atoms with Crippen molar-refractivity contribution in [2.75, 3.05) is 43.8 Å². The molecule has 0 saturated carbocycles. The second-order valence-corrected chi connectivity index (χ2v) is 8.50. The molecule has 0 spiro atoms. The topological polar surface area (TPSA) is 84.6 Å². The maximum atomic E-state index is 11.9. The van der Waals surface area contributed by atoms with Crippen molar-refractivity contribution in [3.05, 3.63) is 42.5 Å². The summed E-state index contributed by atoms with van der Waals surface area (Å²) in [6.07, 6.45) is 3.67. The molecule has 176 valence electrons. The van der Waals surface area contributed by atoms with E-state index in [4.69, 9.17) is 10.5 Å². The number of fused-ring (bicyclic) bond motifs is 1. The molecule has 33 heavy (non-hydrogen) atoms. The van der Waals surface area contributed by atoms with Crippen molar-refractivity contribution in [3.8, 4) is 17.0 Å². The highest BCUT2D eigenvalue weighted by Crippen LogP contribution is 2.38. The fraction of sp³-hybridized carbons (Fsp3) is 0.423. The Bertz CT molecular complexity index is 1100. The maximum absolute atomic E-state index is 11.9. The van der Waals surface area contributed by atoms with E-state index in [0.29, 0.717) is 13.2 Å². The molecule has 1 saturated heterocycles. The number of aromatic nitrogens is 1. The van der Waals surface area contributed by atoms with Crippen LogP contribution in [0.15, 0.2) is 42.5 Å². The van der Waals surface area contributed by atoms with Gasteiger partial charge in [-0.05, 0) is 70.5 Å². The number of ether oxygens (including phenoxy) is 1. The highest BCUT2D eigenvalue weighted by Gasteiger charge is 2.17. The number of nitrogens with zero attached hydrogens (tertiary/aromatic N) is 2. The third-order valence-corrected chi connectivity index (χ3v) is 6.21. The Morgan fingerprint density at radius 3 is 2.70 bits per heavy atom. The van der Waals surface area contributed by atoms with Crippen LogP contribution in [0.4, 0.5) is 16.2 Å². The Labute approximate surface area is 195 Å². The van der Waals surface area contributed by atoms with Gasteiger partial charge in [0.2, 0.25) is 0 Å². The minimum Gasteiger partial charge on any atom is -0.493 e. The number of benzene rings is 2. The van der Waals surface area contributed by atoms with Gasteiger partial charge in [-0.15, -0.1) is 0 Å². The van der Waals surface area contributed by atoms with E-state index in [1.54, 1.807) is 0 Å². The van der Waals surface area contributed by atoms with Crippen molar-refractivity contribution in [1.29, 1.82) is 0 Å². The number of likely N-dealkylation sites (tertiary alicyclic amines) is 1. The average Bonchev–Trinajstić information content (AvgIpc) is 3.43. The molecule has 1 fully saturated rings. The lowest BCUT2D eigenvalue weighted by Crippen LogP contribution is -2.28. The first kappa shape index (κ1) is 23.0. The van der Waals surface area contributed by atoms with E-state index in [-0.39, 0.29) is 6.03 Å². The quantitative estimate of drug-likeness (QED) is 0.405. The average molecular weight is 450 g/mol. The van der Waals surface area contributed by atoms with Crippen molar-refractivity contribution in [3.63, 3.8) is 0 Å². The number of aryl methyl sites for hydroxylation is 1. The summed E-state index contributed by atoms with van der Waals surface area (Å²) in [4.78, 5) is 14.5. The smallest absolute Gasteiger partial charge is 0.319 e. The number of anilines is 2. The van der Waals surface area contributed by atoms with Gasteiger partial charge in [-0.1, -0.05) is 12.1 Å². The second-order valence-electron chi connectivity index (χ2n) is 8.50. The van der Waals surface area contributed by atoms with Crippen LogP contribution in [0.3, 0.4) is 0 Å². The third kappa shape index (κ3) is 5.25. The molecule has 7 heteroatoms. The lowest BCUT2D eigenvalue weighted by Gasteiger charge is -2.14. The summed E-state index contributed by atoms with van der Waals surface area (Å²) in [7, 11) is 0. The molecule has 0 bridgehead atoms. The molecule has 7 nitrogen and oxygen atoms in total. The van der Waals surface area contributed by atoms with E-state index in [1.807, 2.05) is 43.3 Å². The van der Waals surface area contributed by atoms with Gasteiger partial charge in [0.25, 0.3) is 0 Å². The standard InChI is InChI=1S/C26H35N5O2/c1-3-28-26(32)29-20-10-7-9-19(17-20)25-24(27)22-12-11-21(18-23(22)31(25)4-2)33-16-8-15-30-13-5-6-14-30/h7,9-12,17-18H,3-6,8,13-16,27H2,1-2H3,(H2,28,29,32). The zero-order valence-corrected chi connectivity index (χ0v) is 19.7. The molecular weight excluding hydrogens is 414 g/mol. The zero-order chi connectivity index (χ0) is 23.2. The summed E-state index contributed by atoms with van der Waals surface area (Å²) in [6.45, 7) is 9.61. The summed E-state index contributed by atoms with van der Waals surface area (Å²) in [5.41, 5.74) is 11.1. The molecular formula is C26H35N5O2. The van der Waals surface area contributed by atoms with Crippen LogP contribution in [-0.2, 0) is 6.54 Å². The van der Waals surface area contributed by atoms with E-state index >= 15 is 0 Å². The van der Waals surface area contributed by atoms with Crippen molar-refractivity contribution >= 4 is 28.3 Å². The molecule has 3 aromatic rings. The summed E-state index contributed by atoms with van der Waals surface area (Å²) >= 11 is 0. The zero-order valence-electron chi connectivity index (χ0n) is 19.7. The fourth-order valence-electron chi connectivity index (χ4n) is 4.65. The van der Waals surface area contributed by atoms with E-state index in [2.05, 4.69) is 33.1 Å².